The Morgan fingerprint density at radius 3 is 2.55 bits per heavy atom. The van der Waals surface area contributed by atoms with Gasteiger partial charge in [0, 0.05) is 11.0 Å². The van der Waals surface area contributed by atoms with Crippen LogP contribution in [-0.2, 0) is 10.0 Å². The van der Waals surface area contributed by atoms with Gasteiger partial charge in [-0.15, -0.1) is 0 Å². The molecule has 0 saturated heterocycles. The molecule has 20 heavy (non-hydrogen) atoms. The first-order valence-corrected chi connectivity index (χ1v) is 8.70. The second kappa shape index (κ2) is 6.24. The molecule has 0 aliphatic heterocycles. The van der Waals surface area contributed by atoms with E-state index in [2.05, 4.69) is 20.7 Å². The average molecular weight is 362 g/mol. The molecule has 1 aliphatic rings. The van der Waals surface area contributed by atoms with Gasteiger partial charge in [-0.1, -0.05) is 12.8 Å². The summed E-state index contributed by atoms with van der Waals surface area (Å²) in [4.78, 5) is 10.9. The number of aromatic carboxylic acids is 1. The van der Waals surface area contributed by atoms with Gasteiger partial charge in [-0.2, -0.15) is 0 Å². The number of carboxylic acid groups (broad SMARTS) is 1. The number of sulfonamides is 1. The Kier molecular flexibility index (Phi) is 4.82. The summed E-state index contributed by atoms with van der Waals surface area (Å²) >= 11 is 3.12. The van der Waals surface area contributed by atoms with Gasteiger partial charge in [0.25, 0.3) is 0 Å². The van der Waals surface area contributed by atoms with Crippen molar-refractivity contribution in [1.29, 1.82) is 0 Å². The van der Waals surface area contributed by atoms with Crippen LogP contribution in [0.5, 0.6) is 0 Å². The highest BCUT2D eigenvalue weighted by atomic mass is 79.9. The molecule has 0 bridgehead atoms. The molecular weight excluding hydrogens is 346 g/mol. The van der Waals surface area contributed by atoms with E-state index in [1.807, 2.05) is 0 Å². The monoisotopic (exact) mass is 361 g/mol. The number of nitrogens with one attached hydrogen (secondary N) is 1. The largest absolute Gasteiger partial charge is 0.478 e. The van der Waals surface area contributed by atoms with Gasteiger partial charge in [-0.3, -0.25) is 0 Å². The molecular formula is C13H16BrNO4S. The quantitative estimate of drug-likeness (QED) is 0.844. The summed E-state index contributed by atoms with van der Waals surface area (Å²) in [5, 5.41) is 8.86. The predicted octanol–water partition coefficient (Wildman–Crippen LogP) is 2.62. The molecule has 1 fully saturated rings. The van der Waals surface area contributed by atoms with Crippen LogP contribution in [-0.4, -0.2) is 26.0 Å². The van der Waals surface area contributed by atoms with Crippen molar-refractivity contribution in [2.75, 3.05) is 6.54 Å². The van der Waals surface area contributed by atoms with E-state index >= 15 is 0 Å². The number of hydrogen-bond donors (Lipinski definition) is 2. The lowest BCUT2D eigenvalue weighted by Gasteiger charge is -2.12. The van der Waals surface area contributed by atoms with Crippen molar-refractivity contribution >= 4 is 31.9 Å². The molecule has 1 aliphatic carbocycles. The van der Waals surface area contributed by atoms with Crippen LogP contribution in [0.2, 0.25) is 0 Å². The summed E-state index contributed by atoms with van der Waals surface area (Å²) in [5.41, 5.74) is 0.0478. The van der Waals surface area contributed by atoms with E-state index < -0.39 is 16.0 Å². The maximum atomic E-state index is 12.2. The Labute approximate surface area is 126 Å². The smallest absolute Gasteiger partial charge is 0.335 e. The number of rotatable bonds is 5. The summed E-state index contributed by atoms with van der Waals surface area (Å²) in [7, 11) is -3.61. The van der Waals surface area contributed by atoms with Crippen molar-refractivity contribution in [3.05, 3.63) is 28.2 Å². The number of benzene rings is 1. The van der Waals surface area contributed by atoms with Crippen LogP contribution in [0.3, 0.4) is 0 Å². The van der Waals surface area contributed by atoms with Crippen molar-refractivity contribution in [2.24, 2.45) is 5.92 Å². The van der Waals surface area contributed by atoms with Gasteiger partial charge in [-0.25, -0.2) is 17.9 Å². The third-order valence-corrected chi connectivity index (χ3v) is 5.91. The lowest BCUT2D eigenvalue weighted by Crippen LogP contribution is -2.28. The zero-order valence-electron chi connectivity index (χ0n) is 10.8. The highest BCUT2D eigenvalue weighted by Crippen LogP contribution is 2.26. The first-order chi connectivity index (χ1) is 9.40. The van der Waals surface area contributed by atoms with Gasteiger partial charge >= 0.3 is 5.97 Å². The van der Waals surface area contributed by atoms with E-state index in [1.54, 1.807) is 0 Å². The van der Waals surface area contributed by atoms with Crippen molar-refractivity contribution in [3.63, 3.8) is 0 Å². The summed E-state index contributed by atoms with van der Waals surface area (Å²) < 4.78 is 27.3. The Hall–Kier alpha value is -0.920. The van der Waals surface area contributed by atoms with Crippen molar-refractivity contribution in [2.45, 2.75) is 30.6 Å². The highest BCUT2D eigenvalue weighted by molar-refractivity contribution is 9.10. The average Bonchev–Trinajstić information content (AvgIpc) is 2.89. The lowest BCUT2D eigenvalue weighted by atomic mass is 10.1. The van der Waals surface area contributed by atoms with Gasteiger partial charge in [0.15, 0.2) is 0 Å². The minimum absolute atomic E-state index is 0.0478. The van der Waals surface area contributed by atoms with Crippen LogP contribution in [0.25, 0.3) is 0 Å². The normalized spacial score (nSPS) is 16.4. The molecule has 0 spiro atoms. The van der Waals surface area contributed by atoms with Crippen LogP contribution in [0, 0.1) is 5.92 Å². The molecule has 0 amide bonds. The third kappa shape index (κ3) is 3.59. The SMILES string of the molecule is O=C(O)c1ccc(S(=O)(=O)NCC2CCCC2)c(Br)c1. The van der Waals surface area contributed by atoms with Gasteiger partial charge in [0.05, 0.1) is 10.5 Å². The molecule has 2 rings (SSSR count). The molecule has 0 aromatic heterocycles. The summed E-state index contributed by atoms with van der Waals surface area (Å²) in [5.74, 6) is -0.685. The van der Waals surface area contributed by atoms with Crippen molar-refractivity contribution in [1.82, 2.24) is 4.72 Å². The van der Waals surface area contributed by atoms with Crippen LogP contribution >= 0.6 is 15.9 Å². The molecule has 1 aromatic carbocycles. The van der Waals surface area contributed by atoms with E-state index in [0.29, 0.717) is 12.5 Å². The number of halogens is 1. The summed E-state index contributed by atoms with van der Waals surface area (Å²) in [6.07, 6.45) is 4.43. The van der Waals surface area contributed by atoms with Crippen LogP contribution < -0.4 is 4.72 Å². The first-order valence-electron chi connectivity index (χ1n) is 6.42. The van der Waals surface area contributed by atoms with Gasteiger partial charge in [-0.05, 0) is 52.9 Å². The van der Waals surface area contributed by atoms with E-state index in [-0.39, 0.29) is 14.9 Å². The third-order valence-electron chi connectivity index (χ3n) is 3.51. The first kappa shape index (κ1) is 15.5. The molecule has 7 heteroatoms. The fraction of sp³-hybridized carbons (Fsp3) is 0.462. The summed E-state index contributed by atoms with van der Waals surface area (Å²) in [6.45, 7) is 0.440. The molecule has 0 radical (unpaired) electrons. The highest BCUT2D eigenvalue weighted by Gasteiger charge is 2.22. The Bertz CT molecular complexity index is 609. The number of carbonyl (C=O) groups is 1. The fourth-order valence-corrected chi connectivity index (χ4v) is 4.56. The van der Waals surface area contributed by atoms with E-state index in [0.717, 1.165) is 25.7 Å². The van der Waals surface area contributed by atoms with E-state index in [1.165, 1.54) is 18.2 Å². The Balaban J connectivity index is 2.14. The zero-order valence-corrected chi connectivity index (χ0v) is 13.2. The maximum Gasteiger partial charge on any atom is 0.335 e. The Morgan fingerprint density at radius 1 is 1.35 bits per heavy atom. The molecule has 1 saturated carbocycles. The van der Waals surface area contributed by atoms with Gasteiger partial charge < -0.3 is 5.11 Å². The molecule has 0 atom stereocenters. The molecule has 0 unspecified atom stereocenters. The molecule has 110 valence electrons. The minimum atomic E-state index is -3.61. The maximum absolute atomic E-state index is 12.2. The molecule has 2 N–H and O–H groups in total. The molecule has 1 aromatic rings. The standard InChI is InChI=1S/C13H16BrNO4S/c14-11-7-10(13(16)17)5-6-12(11)20(18,19)15-8-9-3-1-2-4-9/h5-7,9,15H,1-4,8H2,(H,16,17). The summed E-state index contributed by atoms with van der Waals surface area (Å²) in [6, 6.07) is 3.90. The minimum Gasteiger partial charge on any atom is -0.478 e. The van der Waals surface area contributed by atoms with Crippen LogP contribution in [0.15, 0.2) is 27.6 Å². The van der Waals surface area contributed by atoms with Crippen LogP contribution in [0.4, 0.5) is 0 Å². The molecule has 0 heterocycles. The zero-order chi connectivity index (χ0) is 14.8. The van der Waals surface area contributed by atoms with Crippen molar-refractivity contribution in [3.8, 4) is 0 Å². The van der Waals surface area contributed by atoms with Crippen LogP contribution in [0.1, 0.15) is 36.0 Å². The predicted molar refractivity (Wildman–Crippen MR) is 78.2 cm³/mol. The van der Waals surface area contributed by atoms with E-state index in [4.69, 9.17) is 5.11 Å². The Morgan fingerprint density at radius 2 is 2.00 bits per heavy atom. The van der Waals surface area contributed by atoms with Gasteiger partial charge in [0.1, 0.15) is 0 Å². The van der Waals surface area contributed by atoms with Gasteiger partial charge in [0.2, 0.25) is 10.0 Å². The second-order valence-electron chi connectivity index (χ2n) is 4.95. The lowest BCUT2D eigenvalue weighted by molar-refractivity contribution is 0.0696. The number of carboxylic acids is 1. The second-order valence-corrected chi connectivity index (χ2v) is 7.54. The topological polar surface area (TPSA) is 83.5 Å². The number of hydrogen-bond acceptors (Lipinski definition) is 3. The van der Waals surface area contributed by atoms with E-state index in [9.17, 15) is 13.2 Å². The molecule has 5 nitrogen and oxygen atoms in total. The van der Waals surface area contributed by atoms with Crippen molar-refractivity contribution < 1.29 is 18.3 Å². The fourth-order valence-electron chi connectivity index (χ4n) is 2.37.